The predicted molar refractivity (Wildman–Crippen MR) is 131 cm³/mol. The molecule has 1 aliphatic heterocycles. The van der Waals surface area contributed by atoms with E-state index in [1.165, 1.54) is 39.0 Å². The SMILES string of the molecule is Cc1c(C(=O)N2CCN(c3nc(-c4ccc(F)nc4)cs3)CC2)cnn1-c1nn2cccc2c(=O)[nH]1. The molecular weight excluding hydrogens is 485 g/mol. The Morgan fingerprint density at radius 2 is 1.97 bits per heavy atom. The molecular formula is C23H20FN9O2S. The molecule has 0 bridgehead atoms. The fourth-order valence-electron chi connectivity index (χ4n) is 4.20. The summed E-state index contributed by atoms with van der Waals surface area (Å²) in [6.45, 7) is 4.10. The number of aromatic amines is 1. The molecule has 6 heterocycles. The molecule has 5 aromatic rings. The van der Waals surface area contributed by atoms with Crippen LogP contribution < -0.4 is 10.5 Å². The second kappa shape index (κ2) is 8.68. The van der Waals surface area contributed by atoms with Gasteiger partial charge in [0.1, 0.15) is 5.52 Å². The van der Waals surface area contributed by atoms with Gasteiger partial charge in [-0.05, 0) is 31.2 Å². The minimum atomic E-state index is -0.526. The standard InChI is InChI=1S/C23H20FN9O2S/c1-14-16(12-26-33(14)22-28-20(34)18-3-2-6-32(18)29-22)21(35)30-7-9-31(10-8-30)23-27-17(13-36-23)15-4-5-19(24)25-11-15/h2-6,11-13H,7-10H2,1H3,(H,28,29,34). The van der Waals surface area contributed by atoms with E-state index < -0.39 is 5.95 Å². The van der Waals surface area contributed by atoms with Crippen LogP contribution in [-0.4, -0.2) is 71.3 Å². The number of piperazine rings is 1. The number of pyridine rings is 1. The van der Waals surface area contributed by atoms with E-state index in [0.29, 0.717) is 43.0 Å². The Morgan fingerprint density at radius 3 is 2.75 bits per heavy atom. The maximum absolute atomic E-state index is 13.3. The van der Waals surface area contributed by atoms with E-state index in [9.17, 15) is 14.0 Å². The zero-order valence-corrected chi connectivity index (χ0v) is 19.9. The van der Waals surface area contributed by atoms with Crippen LogP contribution in [-0.2, 0) is 0 Å². The molecule has 5 aromatic heterocycles. The number of nitrogens with zero attached hydrogens (tertiary/aromatic N) is 8. The Hall–Kier alpha value is -4.39. The molecule has 1 fully saturated rings. The van der Waals surface area contributed by atoms with Crippen molar-refractivity contribution < 1.29 is 9.18 Å². The molecule has 1 amide bonds. The van der Waals surface area contributed by atoms with Gasteiger partial charge >= 0.3 is 0 Å². The molecule has 0 atom stereocenters. The van der Waals surface area contributed by atoms with Crippen LogP contribution in [0.5, 0.6) is 0 Å². The third-order valence-corrected chi connectivity index (χ3v) is 7.08. The van der Waals surface area contributed by atoms with Crippen LogP contribution in [0.1, 0.15) is 16.1 Å². The van der Waals surface area contributed by atoms with Crippen molar-refractivity contribution >= 4 is 27.9 Å². The van der Waals surface area contributed by atoms with Gasteiger partial charge in [-0.1, -0.05) is 0 Å². The molecule has 0 saturated carbocycles. The van der Waals surface area contributed by atoms with Crippen molar-refractivity contribution in [3.63, 3.8) is 0 Å². The number of anilines is 1. The first-order valence-electron chi connectivity index (χ1n) is 11.2. The first kappa shape index (κ1) is 22.1. The number of thiazole rings is 1. The number of aromatic nitrogens is 7. The lowest BCUT2D eigenvalue weighted by molar-refractivity contribution is 0.0746. The van der Waals surface area contributed by atoms with Crippen LogP contribution in [0.25, 0.3) is 22.7 Å². The number of H-pyrrole nitrogens is 1. The highest BCUT2D eigenvalue weighted by atomic mass is 32.1. The molecule has 0 spiro atoms. The monoisotopic (exact) mass is 505 g/mol. The van der Waals surface area contributed by atoms with Gasteiger partial charge < -0.3 is 9.80 Å². The van der Waals surface area contributed by atoms with E-state index in [1.54, 1.807) is 36.2 Å². The molecule has 0 aliphatic carbocycles. The largest absolute Gasteiger partial charge is 0.345 e. The van der Waals surface area contributed by atoms with Crippen LogP contribution in [0.15, 0.2) is 53.0 Å². The summed E-state index contributed by atoms with van der Waals surface area (Å²) in [6, 6.07) is 6.38. The quantitative estimate of drug-likeness (QED) is 0.372. The van der Waals surface area contributed by atoms with Crippen LogP contribution >= 0.6 is 11.3 Å². The fraction of sp³-hybridized carbons (Fsp3) is 0.217. The maximum Gasteiger partial charge on any atom is 0.276 e. The molecule has 1 N–H and O–H groups in total. The molecule has 13 heteroatoms. The Bertz CT molecular complexity index is 1630. The van der Waals surface area contributed by atoms with Crippen molar-refractivity contribution in [3.8, 4) is 17.2 Å². The highest BCUT2D eigenvalue weighted by Crippen LogP contribution is 2.28. The van der Waals surface area contributed by atoms with Gasteiger partial charge in [0.2, 0.25) is 11.9 Å². The third kappa shape index (κ3) is 3.82. The van der Waals surface area contributed by atoms with Crippen LogP contribution in [0.4, 0.5) is 9.52 Å². The molecule has 0 aromatic carbocycles. The van der Waals surface area contributed by atoms with E-state index in [2.05, 4.69) is 30.0 Å². The van der Waals surface area contributed by atoms with Crippen molar-refractivity contribution in [2.45, 2.75) is 6.92 Å². The number of hydrogen-bond donors (Lipinski definition) is 1. The Labute approximate surface area is 207 Å². The van der Waals surface area contributed by atoms with Gasteiger partial charge in [-0.2, -0.15) is 9.49 Å². The lowest BCUT2D eigenvalue weighted by atomic mass is 10.2. The molecule has 36 heavy (non-hydrogen) atoms. The number of halogens is 1. The minimum Gasteiger partial charge on any atom is -0.345 e. The number of carbonyl (C=O) groups excluding carboxylic acids is 1. The third-order valence-electron chi connectivity index (χ3n) is 6.18. The topological polar surface area (TPSA) is 117 Å². The molecule has 1 saturated heterocycles. The minimum absolute atomic E-state index is 0.125. The molecule has 11 nitrogen and oxygen atoms in total. The van der Waals surface area contributed by atoms with Gasteiger partial charge in [0.05, 0.1) is 23.1 Å². The van der Waals surface area contributed by atoms with Gasteiger partial charge in [0, 0.05) is 49.5 Å². The summed E-state index contributed by atoms with van der Waals surface area (Å²) in [4.78, 5) is 40.6. The van der Waals surface area contributed by atoms with Crippen molar-refractivity contribution in [2.24, 2.45) is 0 Å². The Kier molecular flexibility index (Phi) is 5.33. The summed E-state index contributed by atoms with van der Waals surface area (Å²) < 4.78 is 16.0. The van der Waals surface area contributed by atoms with Gasteiger partial charge in [-0.15, -0.1) is 16.4 Å². The molecule has 182 valence electrons. The van der Waals surface area contributed by atoms with Crippen LogP contribution in [0.3, 0.4) is 0 Å². The number of nitrogens with one attached hydrogen (secondary N) is 1. The highest BCUT2D eigenvalue weighted by molar-refractivity contribution is 7.14. The van der Waals surface area contributed by atoms with E-state index >= 15 is 0 Å². The molecule has 6 rings (SSSR count). The lowest BCUT2D eigenvalue weighted by Gasteiger charge is -2.34. The second-order valence-corrected chi connectivity index (χ2v) is 9.17. The Morgan fingerprint density at radius 1 is 1.14 bits per heavy atom. The van der Waals surface area contributed by atoms with Crippen molar-refractivity contribution in [2.75, 3.05) is 31.1 Å². The van der Waals surface area contributed by atoms with Crippen LogP contribution in [0, 0.1) is 12.9 Å². The summed E-state index contributed by atoms with van der Waals surface area (Å²) >= 11 is 1.51. The van der Waals surface area contributed by atoms with Gasteiger partial charge in [0.25, 0.3) is 11.5 Å². The fourth-order valence-corrected chi connectivity index (χ4v) is 5.09. The average Bonchev–Trinajstić information content (AvgIpc) is 3.64. The van der Waals surface area contributed by atoms with Crippen molar-refractivity contribution in [3.05, 3.63) is 75.8 Å². The summed E-state index contributed by atoms with van der Waals surface area (Å²) in [7, 11) is 0. The first-order chi connectivity index (χ1) is 17.5. The van der Waals surface area contributed by atoms with Gasteiger partial charge in [-0.3, -0.25) is 14.6 Å². The smallest absolute Gasteiger partial charge is 0.276 e. The van der Waals surface area contributed by atoms with Crippen molar-refractivity contribution in [1.29, 1.82) is 0 Å². The maximum atomic E-state index is 13.3. The predicted octanol–water partition coefficient (Wildman–Crippen LogP) is 2.14. The van der Waals surface area contributed by atoms with Crippen LogP contribution in [0.2, 0.25) is 0 Å². The number of fused-ring (bicyclic) bond motifs is 1. The Balaban J connectivity index is 1.15. The van der Waals surface area contributed by atoms with E-state index in [4.69, 9.17) is 0 Å². The number of hydrogen-bond acceptors (Lipinski definition) is 8. The average molecular weight is 506 g/mol. The number of carbonyl (C=O) groups is 1. The van der Waals surface area contributed by atoms with E-state index in [-0.39, 0.29) is 17.4 Å². The van der Waals surface area contributed by atoms with Gasteiger partial charge in [0.15, 0.2) is 5.13 Å². The second-order valence-electron chi connectivity index (χ2n) is 8.34. The molecule has 1 aliphatic rings. The lowest BCUT2D eigenvalue weighted by Crippen LogP contribution is -2.48. The zero-order valence-electron chi connectivity index (χ0n) is 19.1. The number of amides is 1. The highest BCUT2D eigenvalue weighted by Gasteiger charge is 2.27. The summed E-state index contributed by atoms with van der Waals surface area (Å²) in [5.74, 6) is -0.414. The molecule has 0 radical (unpaired) electrons. The zero-order chi connectivity index (χ0) is 24.8. The van der Waals surface area contributed by atoms with Crippen molar-refractivity contribution in [1.82, 2.24) is 39.2 Å². The first-order valence-corrected chi connectivity index (χ1v) is 12.1. The summed E-state index contributed by atoms with van der Waals surface area (Å²) in [5.41, 5.74) is 2.69. The molecule has 0 unspecified atom stereocenters. The number of rotatable bonds is 4. The van der Waals surface area contributed by atoms with E-state index in [0.717, 1.165) is 16.4 Å². The van der Waals surface area contributed by atoms with Gasteiger partial charge in [-0.25, -0.2) is 19.2 Å². The summed E-state index contributed by atoms with van der Waals surface area (Å²) in [6.07, 6.45) is 4.66. The summed E-state index contributed by atoms with van der Waals surface area (Å²) in [5, 5.41) is 11.5. The normalized spacial score (nSPS) is 14.1. The van der Waals surface area contributed by atoms with E-state index in [1.807, 2.05) is 5.38 Å².